The Balaban J connectivity index is 1.96. The maximum Gasteiger partial charge on any atom is 0.321 e. The van der Waals surface area contributed by atoms with Gasteiger partial charge in [0, 0.05) is 31.3 Å². The van der Waals surface area contributed by atoms with Crippen molar-refractivity contribution in [1.29, 1.82) is 0 Å². The Bertz CT molecular complexity index is 504. The zero-order valence-corrected chi connectivity index (χ0v) is 11.1. The lowest BCUT2D eigenvalue weighted by atomic mass is 10.1. The number of aliphatic hydroxyl groups is 1. The number of carbonyl (C=O) groups excluding carboxylic acids is 1. The minimum Gasteiger partial charge on any atom is -0.481 e. The molecule has 2 amide bonds. The Morgan fingerprint density at radius 2 is 2.20 bits per heavy atom. The zero-order chi connectivity index (χ0) is 14.5. The second-order valence-corrected chi connectivity index (χ2v) is 4.98. The number of likely N-dealkylation sites (tertiary alicyclic amines) is 1. The van der Waals surface area contributed by atoms with Crippen LogP contribution < -0.4 is 5.32 Å². The van der Waals surface area contributed by atoms with E-state index in [1.807, 2.05) is 0 Å². The molecule has 6 heteroatoms. The van der Waals surface area contributed by atoms with Gasteiger partial charge in [-0.25, -0.2) is 4.79 Å². The molecule has 6 nitrogen and oxygen atoms in total. The van der Waals surface area contributed by atoms with Crippen LogP contribution in [-0.4, -0.2) is 46.8 Å². The Morgan fingerprint density at radius 3 is 2.85 bits per heavy atom. The summed E-state index contributed by atoms with van der Waals surface area (Å²) < 4.78 is 0. The van der Waals surface area contributed by atoms with Gasteiger partial charge in [-0.05, 0) is 24.1 Å². The third-order valence-corrected chi connectivity index (χ3v) is 3.36. The SMILES string of the molecule is O=C(O)Cc1cccc(NC(=O)N2CCC(CO)C2)c1. The first kappa shape index (κ1) is 14.3. The van der Waals surface area contributed by atoms with Crippen LogP contribution in [0.4, 0.5) is 10.5 Å². The summed E-state index contributed by atoms with van der Waals surface area (Å²) in [7, 11) is 0. The minimum absolute atomic E-state index is 0.0694. The highest BCUT2D eigenvalue weighted by Gasteiger charge is 2.25. The van der Waals surface area contributed by atoms with E-state index in [4.69, 9.17) is 10.2 Å². The van der Waals surface area contributed by atoms with Crippen molar-refractivity contribution in [2.24, 2.45) is 5.92 Å². The summed E-state index contributed by atoms with van der Waals surface area (Å²) in [5, 5.41) is 20.6. The highest BCUT2D eigenvalue weighted by molar-refractivity contribution is 5.89. The first-order valence-corrected chi connectivity index (χ1v) is 6.56. The molecule has 2 rings (SSSR count). The number of hydrogen-bond donors (Lipinski definition) is 3. The van der Waals surface area contributed by atoms with Gasteiger partial charge in [-0.1, -0.05) is 12.1 Å². The van der Waals surface area contributed by atoms with Crippen molar-refractivity contribution >= 4 is 17.7 Å². The fraction of sp³-hybridized carbons (Fsp3) is 0.429. The van der Waals surface area contributed by atoms with E-state index in [-0.39, 0.29) is 25.0 Å². The van der Waals surface area contributed by atoms with Crippen molar-refractivity contribution in [3.8, 4) is 0 Å². The minimum atomic E-state index is -0.904. The van der Waals surface area contributed by atoms with Crippen LogP contribution in [0.15, 0.2) is 24.3 Å². The molecule has 0 radical (unpaired) electrons. The molecule has 0 bridgehead atoms. The van der Waals surface area contributed by atoms with Crippen LogP contribution in [0.5, 0.6) is 0 Å². The van der Waals surface area contributed by atoms with Crippen molar-refractivity contribution in [2.45, 2.75) is 12.8 Å². The highest BCUT2D eigenvalue weighted by atomic mass is 16.4. The molecular formula is C14H18N2O4. The van der Waals surface area contributed by atoms with Gasteiger partial charge in [0.15, 0.2) is 0 Å². The van der Waals surface area contributed by atoms with Gasteiger partial charge in [0.25, 0.3) is 0 Å². The van der Waals surface area contributed by atoms with E-state index >= 15 is 0 Å². The number of rotatable bonds is 4. The molecule has 0 aliphatic carbocycles. The topological polar surface area (TPSA) is 89.9 Å². The number of nitrogens with zero attached hydrogens (tertiary/aromatic N) is 1. The lowest BCUT2D eigenvalue weighted by Gasteiger charge is -2.17. The molecule has 1 aliphatic rings. The lowest BCUT2D eigenvalue weighted by Crippen LogP contribution is -2.33. The molecule has 1 saturated heterocycles. The molecule has 108 valence electrons. The van der Waals surface area contributed by atoms with Crippen molar-refractivity contribution in [1.82, 2.24) is 4.90 Å². The molecule has 1 atom stereocenters. The van der Waals surface area contributed by atoms with Gasteiger partial charge in [0.1, 0.15) is 0 Å². The first-order valence-electron chi connectivity index (χ1n) is 6.56. The van der Waals surface area contributed by atoms with Crippen LogP contribution in [-0.2, 0) is 11.2 Å². The third-order valence-electron chi connectivity index (χ3n) is 3.36. The fourth-order valence-corrected chi connectivity index (χ4v) is 2.30. The number of aliphatic carboxylic acids is 1. The summed E-state index contributed by atoms with van der Waals surface area (Å²) in [4.78, 5) is 24.3. The highest BCUT2D eigenvalue weighted by Crippen LogP contribution is 2.18. The zero-order valence-electron chi connectivity index (χ0n) is 11.1. The van der Waals surface area contributed by atoms with Crippen LogP contribution in [0.1, 0.15) is 12.0 Å². The smallest absolute Gasteiger partial charge is 0.321 e. The number of hydrogen-bond acceptors (Lipinski definition) is 3. The van der Waals surface area contributed by atoms with Crippen LogP contribution >= 0.6 is 0 Å². The van der Waals surface area contributed by atoms with Crippen LogP contribution in [0.2, 0.25) is 0 Å². The predicted octanol–water partition coefficient (Wildman–Crippen LogP) is 1.16. The number of carbonyl (C=O) groups is 2. The van der Waals surface area contributed by atoms with E-state index in [0.29, 0.717) is 24.3 Å². The van der Waals surface area contributed by atoms with Gasteiger partial charge in [-0.3, -0.25) is 4.79 Å². The number of nitrogens with one attached hydrogen (secondary N) is 1. The third kappa shape index (κ3) is 3.71. The predicted molar refractivity (Wildman–Crippen MR) is 73.6 cm³/mol. The maximum atomic E-state index is 12.0. The van der Waals surface area contributed by atoms with Crippen LogP contribution in [0, 0.1) is 5.92 Å². The normalized spacial score (nSPS) is 18.1. The summed E-state index contributed by atoms with van der Waals surface area (Å²) in [6, 6.07) is 6.60. The second kappa shape index (κ2) is 6.38. The lowest BCUT2D eigenvalue weighted by molar-refractivity contribution is -0.136. The summed E-state index contributed by atoms with van der Waals surface area (Å²) in [6.07, 6.45) is 0.739. The molecule has 1 aromatic rings. The number of aliphatic hydroxyl groups excluding tert-OH is 1. The molecule has 0 saturated carbocycles. The summed E-state index contributed by atoms with van der Waals surface area (Å²) in [5.74, 6) is -0.752. The number of amides is 2. The molecule has 1 unspecified atom stereocenters. The first-order chi connectivity index (χ1) is 9.58. The van der Waals surface area contributed by atoms with Gasteiger partial charge < -0.3 is 20.4 Å². The molecule has 0 aromatic heterocycles. The second-order valence-electron chi connectivity index (χ2n) is 4.98. The number of carboxylic acids is 1. The average molecular weight is 278 g/mol. The van der Waals surface area contributed by atoms with Gasteiger partial charge >= 0.3 is 12.0 Å². The summed E-state index contributed by atoms with van der Waals surface area (Å²) >= 11 is 0. The van der Waals surface area contributed by atoms with E-state index in [2.05, 4.69) is 5.32 Å². The molecule has 1 aliphatic heterocycles. The number of carboxylic acid groups (broad SMARTS) is 1. The molecule has 3 N–H and O–H groups in total. The van der Waals surface area contributed by atoms with E-state index in [1.165, 1.54) is 0 Å². The summed E-state index contributed by atoms with van der Waals surface area (Å²) in [5.41, 5.74) is 1.23. The largest absolute Gasteiger partial charge is 0.481 e. The Kier molecular flexibility index (Phi) is 4.57. The Morgan fingerprint density at radius 1 is 1.40 bits per heavy atom. The van der Waals surface area contributed by atoms with Gasteiger partial charge in [0.05, 0.1) is 6.42 Å². The number of urea groups is 1. The van der Waals surface area contributed by atoms with Crippen LogP contribution in [0.25, 0.3) is 0 Å². The van der Waals surface area contributed by atoms with E-state index in [9.17, 15) is 9.59 Å². The molecule has 0 spiro atoms. The van der Waals surface area contributed by atoms with Crippen LogP contribution in [0.3, 0.4) is 0 Å². The van der Waals surface area contributed by atoms with Crippen molar-refractivity contribution < 1.29 is 19.8 Å². The number of anilines is 1. The molecule has 1 aromatic carbocycles. The standard InChI is InChI=1S/C14H18N2O4/c17-9-11-4-5-16(8-11)14(20)15-12-3-1-2-10(6-12)7-13(18)19/h1-3,6,11,17H,4-5,7-9H2,(H,15,20)(H,18,19). The number of benzene rings is 1. The quantitative estimate of drug-likeness (QED) is 0.771. The molecule has 1 heterocycles. The monoisotopic (exact) mass is 278 g/mol. The van der Waals surface area contributed by atoms with Gasteiger partial charge in [-0.2, -0.15) is 0 Å². The van der Waals surface area contributed by atoms with Crippen molar-refractivity contribution in [3.05, 3.63) is 29.8 Å². The Hall–Kier alpha value is -2.08. The molecule has 20 heavy (non-hydrogen) atoms. The molecular weight excluding hydrogens is 260 g/mol. The summed E-state index contributed by atoms with van der Waals surface area (Å²) in [6.45, 7) is 1.28. The van der Waals surface area contributed by atoms with E-state index in [0.717, 1.165) is 6.42 Å². The van der Waals surface area contributed by atoms with Gasteiger partial charge in [0.2, 0.25) is 0 Å². The Labute approximate surface area is 117 Å². The maximum absolute atomic E-state index is 12.0. The van der Waals surface area contributed by atoms with Gasteiger partial charge in [-0.15, -0.1) is 0 Å². The fourth-order valence-electron chi connectivity index (χ4n) is 2.30. The average Bonchev–Trinajstić information content (AvgIpc) is 2.87. The molecule has 1 fully saturated rings. The van der Waals surface area contributed by atoms with Crippen molar-refractivity contribution in [3.63, 3.8) is 0 Å². The van der Waals surface area contributed by atoms with E-state index in [1.54, 1.807) is 29.2 Å². The van der Waals surface area contributed by atoms with E-state index < -0.39 is 5.97 Å². The van der Waals surface area contributed by atoms with Crippen molar-refractivity contribution in [2.75, 3.05) is 25.0 Å².